The van der Waals surface area contributed by atoms with Crippen molar-refractivity contribution in [2.45, 2.75) is 6.92 Å². The van der Waals surface area contributed by atoms with Gasteiger partial charge in [-0.2, -0.15) is 0 Å². The molecule has 4 aromatic rings. The van der Waals surface area contributed by atoms with Crippen molar-refractivity contribution in [1.82, 2.24) is 19.9 Å². The third kappa shape index (κ3) is 2.41. The summed E-state index contributed by atoms with van der Waals surface area (Å²) in [5.41, 5.74) is 3.75. The first-order valence-electron chi connectivity index (χ1n) is 7.35. The summed E-state index contributed by atoms with van der Waals surface area (Å²) >= 11 is 0. The van der Waals surface area contributed by atoms with Gasteiger partial charge in [0.25, 0.3) is 0 Å². The van der Waals surface area contributed by atoms with Gasteiger partial charge in [0.15, 0.2) is 0 Å². The molecule has 2 aromatic heterocycles. The van der Waals surface area contributed by atoms with Gasteiger partial charge in [0.1, 0.15) is 16.9 Å². The number of carbonyl (C=O) groups is 1. The Hall–Kier alpha value is -3.48. The molecule has 7 nitrogen and oxygen atoms in total. The van der Waals surface area contributed by atoms with E-state index in [1.165, 1.54) is 6.92 Å². The molecule has 118 valence electrons. The Labute approximate surface area is 136 Å². The maximum atomic E-state index is 11.3. The van der Waals surface area contributed by atoms with Gasteiger partial charge in [-0.1, -0.05) is 12.1 Å². The number of carbonyl (C=O) groups excluding carboxylic acids is 1. The van der Waals surface area contributed by atoms with Crippen LogP contribution in [0.1, 0.15) is 6.92 Å². The number of fused-ring (bicyclic) bond motifs is 1. The predicted molar refractivity (Wildman–Crippen MR) is 88.7 cm³/mol. The van der Waals surface area contributed by atoms with Crippen LogP contribution in [0.3, 0.4) is 0 Å². The lowest BCUT2D eigenvalue weighted by Crippen LogP contribution is -2.06. The molecular weight excluding hydrogens is 306 g/mol. The van der Waals surface area contributed by atoms with Gasteiger partial charge < -0.3 is 5.32 Å². The van der Waals surface area contributed by atoms with Crippen molar-refractivity contribution in [2.75, 3.05) is 5.32 Å². The topological polar surface area (TPSA) is 85.8 Å². The molecule has 0 bridgehead atoms. The summed E-state index contributed by atoms with van der Waals surface area (Å²) in [5, 5.41) is 10.6. The summed E-state index contributed by atoms with van der Waals surface area (Å²) in [5.74, 6) is 0.604. The second-order valence-corrected chi connectivity index (χ2v) is 5.29. The first-order chi connectivity index (χ1) is 11.7. The average molecular weight is 319 g/mol. The largest absolute Gasteiger partial charge is 0.326 e. The zero-order valence-corrected chi connectivity index (χ0v) is 12.8. The molecule has 0 spiro atoms. The number of anilines is 1. The molecule has 0 atom stereocenters. The summed E-state index contributed by atoms with van der Waals surface area (Å²) in [7, 11) is 0. The van der Waals surface area contributed by atoms with E-state index in [0.717, 1.165) is 22.8 Å². The molecule has 7 heteroatoms. The molecule has 2 heterocycles. The van der Waals surface area contributed by atoms with E-state index in [1.54, 1.807) is 6.20 Å². The number of amides is 1. The minimum Gasteiger partial charge on any atom is -0.326 e. The van der Waals surface area contributed by atoms with Crippen molar-refractivity contribution in [1.29, 1.82) is 0 Å². The Morgan fingerprint density at radius 2 is 2.04 bits per heavy atom. The van der Waals surface area contributed by atoms with Crippen molar-refractivity contribution in [3.8, 4) is 17.1 Å². The highest BCUT2D eigenvalue weighted by Crippen LogP contribution is 2.28. The van der Waals surface area contributed by atoms with Gasteiger partial charge in [-0.15, -0.1) is 0 Å². The Morgan fingerprint density at radius 3 is 2.92 bits per heavy atom. The third-order valence-electron chi connectivity index (χ3n) is 3.61. The summed E-state index contributed by atoms with van der Waals surface area (Å²) in [6.45, 7) is 1.48. The Kier molecular flexibility index (Phi) is 3.31. The molecule has 0 saturated carbocycles. The summed E-state index contributed by atoms with van der Waals surface area (Å²) in [6.07, 6.45) is 3.57. The highest BCUT2D eigenvalue weighted by Gasteiger charge is 2.14. The highest BCUT2D eigenvalue weighted by atomic mass is 16.6. The van der Waals surface area contributed by atoms with Gasteiger partial charge in [0, 0.05) is 36.3 Å². The lowest BCUT2D eigenvalue weighted by molar-refractivity contribution is -0.114. The Bertz CT molecular complexity index is 1030. The second kappa shape index (κ2) is 5.62. The zero-order valence-electron chi connectivity index (χ0n) is 12.8. The molecule has 4 rings (SSSR count). The standard InChI is InChI=1S/C17H13N5O2/c1-11(23)19-12-4-2-5-13(10-12)22-9-8-18-17(22)14-6-3-7-15-16(14)21-24-20-15/h2-10H,1H3,(H,19,23). The van der Waals surface area contributed by atoms with Crippen LogP contribution in [0.15, 0.2) is 59.5 Å². The van der Waals surface area contributed by atoms with E-state index in [1.807, 2.05) is 53.2 Å². The van der Waals surface area contributed by atoms with Crippen LogP contribution in [0.25, 0.3) is 28.1 Å². The molecule has 1 N–H and O–H groups in total. The molecule has 0 aliphatic heterocycles. The van der Waals surface area contributed by atoms with Crippen molar-refractivity contribution < 1.29 is 9.42 Å². The zero-order chi connectivity index (χ0) is 16.5. The maximum absolute atomic E-state index is 11.3. The molecule has 0 unspecified atom stereocenters. The van der Waals surface area contributed by atoms with E-state index in [2.05, 4.69) is 20.6 Å². The van der Waals surface area contributed by atoms with Crippen LogP contribution < -0.4 is 5.32 Å². The third-order valence-corrected chi connectivity index (χ3v) is 3.61. The molecular formula is C17H13N5O2. The number of aromatic nitrogens is 4. The first kappa shape index (κ1) is 14.1. The fourth-order valence-corrected chi connectivity index (χ4v) is 2.63. The number of nitrogens with one attached hydrogen (secondary N) is 1. The summed E-state index contributed by atoms with van der Waals surface area (Å²) < 4.78 is 6.75. The SMILES string of the molecule is CC(=O)Nc1cccc(-n2ccnc2-c2cccc3nonc23)c1. The maximum Gasteiger partial charge on any atom is 0.221 e. The minimum atomic E-state index is -0.114. The normalized spacial score (nSPS) is 10.9. The van der Waals surface area contributed by atoms with Crippen LogP contribution in [-0.4, -0.2) is 25.8 Å². The highest BCUT2D eigenvalue weighted by molar-refractivity contribution is 5.90. The molecule has 0 aliphatic rings. The van der Waals surface area contributed by atoms with Gasteiger partial charge in [0.05, 0.1) is 0 Å². The number of nitrogens with zero attached hydrogens (tertiary/aromatic N) is 4. The molecule has 0 aliphatic carbocycles. The first-order valence-corrected chi connectivity index (χ1v) is 7.35. The Morgan fingerprint density at radius 1 is 1.17 bits per heavy atom. The molecule has 24 heavy (non-hydrogen) atoms. The van der Waals surface area contributed by atoms with Crippen LogP contribution in [-0.2, 0) is 4.79 Å². The van der Waals surface area contributed by atoms with E-state index in [4.69, 9.17) is 4.63 Å². The fraction of sp³-hybridized carbons (Fsp3) is 0.0588. The van der Waals surface area contributed by atoms with Crippen molar-refractivity contribution >= 4 is 22.6 Å². The molecule has 0 fully saturated rings. The predicted octanol–water partition coefficient (Wildman–Crippen LogP) is 3.03. The number of hydrogen-bond donors (Lipinski definition) is 1. The van der Waals surface area contributed by atoms with Gasteiger partial charge in [-0.3, -0.25) is 9.36 Å². The molecule has 0 saturated heterocycles. The smallest absolute Gasteiger partial charge is 0.221 e. The second-order valence-electron chi connectivity index (χ2n) is 5.29. The van der Waals surface area contributed by atoms with Gasteiger partial charge in [-0.05, 0) is 40.6 Å². The number of imidazole rings is 1. The van der Waals surface area contributed by atoms with Crippen molar-refractivity contribution in [2.24, 2.45) is 0 Å². The van der Waals surface area contributed by atoms with Crippen LogP contribution in [0.2, 0.25) is 0 Å². The van der Waals surface area contributed by atoms with Gasteiger partial charge in [-0.25, -0.2) is 9.61 Å². The minimum absolute atomic E-state index is 0.114. The lowest BCUT2D eigenvalue weighted by Gasteiger charge is -2.10. The van der Waals surface area contributed by atoms with E-state index < -0.39 is 0 Å². The van der Waals surface area contributed by atoms with Crippen molar-refractivity contribution in [3.63, 3.8) is 0 Å². The van der Waals surface area contributed by atoms with E-state index >= 15 is 0 Å². The van der Waals surface area contributed by atoms with Gasteiger partial charge >= 0.3 is 0 Å². The van der Waals surface area contributed by atoms with Crippen LogP contribution in [0.5, 0.6) is 0 Å². The Balaban J connectivity index is 1.84. The van der Waals surface area contributed by atoms with Crippen LogP contribution in [0.4, 0.5) is 5.69 Å². The molecule has 1 amide bonds. The van der Waals surface area contributed by atoms with E-state index in [9.17, 15) is 4.79 Å². The van der Waals surface area contributed by atoms with E-state index in [-0.39, 0.29) is 5.91 Å². The van der Waals surface area contributed by atoms with Crippen molar-refractivity contribution in [3.05, 3.63) is 54.9 Å². The molecule has 0 radical (unpaired) electrons. The number of hydrogen-bond acceptors (Lipinski definition) is 5. The fourth-order valence-electron chi connectivity index (χ4n) is 2.63. The monoisotopic (exact) mass is 319 g/mol. The van der Waals surface area contributed by atoms with Gasteiger partial charge in [0.2, 0.25) is 5.91 Å². The summed E-state index contributed by atoms with van der Waals surface area (Å²) in [6, 6.07) is 13.2. The van der Waals surface area contributed by atoms with Crippen LogP contribution >= 0.6 is 0 Å². The van der Waals surface area contributed by atoms with E-state index in [0.29, 0.717) is 11.0 Å². The number of benzene rings is 2. The lowest BCUT2D eigenvalue weighted by atomic mass is 10.1. The quantitative estimate of drug-likeness (QED) is 0.627. The number of rotatable bonds is 3. The van der Waals surface area contributed by atoms with Crippen LogP contribution in [0, 0.1) is 0 Å². The molecule has 2 aromatic carbocycles. The summed E-state index contributed by atoms with van der Waals surface area (Å²) in [4.78, 5) is 15.7. The average Bonchev–Trinajstić information content (AvgIpc) is 3.23.